The van der Waals surface area contributed by atoms with E-state index in [9.17, 15) is 19.7 Å². The predicted molar refractivity (Wildman–Crippen MR) is 129 cm³/mol. The molecule has 1 unspecified atom stereocenters. The summed E-state index contributed by atoms with van der Waals surface area (Å²) in [5, 5.41) is 16.6. The van der Waals surface area contributed by atoms with Crippen molar-refractivity contribution in [3.05, 3.63) is 93.4 Å². The van der Waals surface area contributed by atoms with Gasteiger partial charge in [0.2, 0.25) is 0 Å². The SMILES string of the molecule is Cc1ccc(C(=O)N/C(=C\c2ccc(-c3cccc([N+](=O)[O-])c3)o2)C(=O)NCC2CCCO2)cc1. The summed E-state index contributed by atoms with van der Waals surface area (Å²) in [6.45, 7) is 2.91. The molecule has 180 valence electrons. The number of nitro benzene ring substituents is 1. The number of non-ortho nitro benzene ring substituents is 1. The molecule has 1 aromatic heterocycles. The number of nitrogens with one attached hydrogen (secondary N) is 2. The number of benzene rings is 2. The number of nitrogens with zero attached hydrogens (tertiary/aromatic N) is 1. The molecule has 2 N–H and O–H groups in total. The summed E-state index contributed by atoms with van der Waals surface area (Å²) in [6.07, 6.45) is 3.18. The molecule has 0 aliphatic carbocycles. The topological polar surface area (TPSA) is 124 Å². The summed E-state index contributed by atoms with van der Waals surface area (Å²) in [5.41, 5.74) is 1.89. The number of ether oxygens (including phenoxy) is 1. The number of hydrogen-bond donors (Lipinski definition) is 2. The molecular formula is C26H25N3O6. The number of furan rings is 1. The smallest absolute Gasteiger partial charge is 0.270 e. The van der Waals surface area contributed by atoms with E-state index in [1.54, 1.807) is 36.4 Å². The Balaban J connectivity index is 1.57. The van der Waals surface area contributed by atoms with Gasteiger partial charge in [-0.3, -0.25) is 19.7 Å². The lowest BCUT2D eigenvalue weighted by Crippen LogP contribution is -2.38. The molecular weight excluding hydrogens is 450 g/mol. The lowest BCUT2D eigenvalue weighted by molar-refractivity contribution is -0.384. The lowest BCUT2D eigenvalue weighted by atomic mass is 10.1. The van der Waals surface area contributed by atoms with Crippen molar-refractivity contribution in [1.29, 1.82) is 0 Å². The highest BCUT2D eigenvalue weighted by atomic mass is 16.6. The van der Waals surface area contributed by atoms with Gasteiger partial charge in [0.05, 0.1) is 11.0 Å². The molecule has 1 atom stereocenters. The van der Waals surface area contributed by atoms with Gasteiger partial charge in [-0.05, 0) is 44.0 Å². The Kier molecular flexibility index (Phi) is 7.37. The Hall–Kier alpha value is -4.24. The highest BCUT2D eigenvalue weighted by Gasteiger charge is 2.20. The maximum Gasteiger partial charge on any atom is 0.270 e. The number of rotatable bonds is 8. The third-order valence-corrected chi connectivity index (χ3v) is 5.58. The van der Waals surface area contributed by atoms with Crippen LogP contribution in [0.3, 0.4) is 0 Å². The van der Waals surface area contributed by atoms with Crippen LogP contribution in [0.4, 0.5) is 5.69 Å². The predicted octanol–water partition coefficient (Wildman–Crippen LogP) is 4.23. The zero-order valence-corrected chi connectivity index (χ0v) is 19.2. The summed E-state index contributed by atoms with van der Waals surface area (Å²) in [4.78, 5) is 36.3. The molecule has 1 aliphatic rings. The largest absolute Gasteiger partial charge is 0.457 e. The Labute approximate surface area is 201 Å². The van der Waals surface area contributed by atoms with E-state index in [0.29, 0.717) is 35.8 Å². The lowest BCUT2D eigenvalue weighted by Gasteiger charge is -2.13. The van der Waals surface area contributed by atoms with Crippen molar-refractivity contribution in [2.45, 2.75) is 25.9 Å². The van der Waals surface area contributed by atoms with Crippen molar-refractivity contribution in [2.75, 3.05) is 13.2 Å². The molecule has 1 aliphatic heterocycles. The second-order valence-corrected chi connectivity index (χ2v) is 8.23. The van der Waals surface area contributed by atoms with Crippen molar-refractivity contribution in [2.24, 2.45) is 0 Å². The van der Waals surface area contributed by atoms with Crippen LogP contribution in [0.1, 0.15) is 34.5 Å². The molecule has 0 radical (unpaired) electrons. The average Bonchev–Trinajstić information content (AvgIpc) is 3.55. The number of carbonyl (C=O) groups excluding carboxylic acids is 2. The fraction of sp³-hybridized carbons (Fsp3) is 0.231. The zero-order chi connectivity index (χ0) is 24.8. The molecule has 0 saturated carbocycles. The Morgan fingerprint density at radius 2 is 1.94 bits per heavy atom. The van der Waals surface area contributed by atoms with Crippen LogP contribution in [0.5, 0.6) is 0 Å². The molecule has 35 heavy (non-hydrogen) atoms. The van der Waals surface area contributed by atoms with Crippen LogP contribution >= 0.6 is 0 Å². The second kappa shape index (κ2) is 10.8. The standard InChI is InChI=1S/C26H25N3O6/c1-17-7-9-18(10-8-17)25(30)28-23(26(31)27-16-22-6-3-13-34-22)15-21-11-12-24(35-21)19-4-2-5-20(14-19)29(32)33/h2,4-5,7-12,14-15,22H,3,6,13,16H2,1H3,(H,27,31)(H,28,30)/b23-15-. The number of nitro groups is 1. The number of hydrogen-bond acceptors (Lipinski definition) is 6. The van der Waals surface area contributed by atoms with E-state index < -0.39 is 16.7 Å². The van der Waals surface area contributed by atoms with Crippen LogP contribution < -0.4 is 10.6 Å². The van der Waals surface area contributed by atoms with Gasteiger partial charge in [0.25, 0.3) is 17.5 Å². The Morgan fingerprint density at radius 1 is 1.14 bits per heavy atom. The van der Waals surface area contributed by atoms with Gasteiger partial charge in [-0.25, -0.2) is 0 Å². The average molecular weight is 476 g/mol. The fourth-order valence-electron chi connectivity index (χ4n) is 3.67. The van der Waals surface area contributed by atoms with Gasteiger partial charge in [0.1, 0.15) is 17.2 Å². The van der Waals surface area contributed by atoms with Crippen LogP contribution in [0.15, 0.2) is 70.8 Å². The van der Waals surface area contributed by atoms with Crippen LogP contribution in [0.25, 0.3) is 17.4 Å². The van der Waals surface area contributed by atoms with Crippen molar-refractivity contribution in [3.8, 4) is 11.3 Å². The van der Waals surface area contributed by atoms with E-state index >= 15 is 0 Å². The van der Waals surface area contributed by atoms with E-state index in [-0.39, 0.29) is 17.5 Å². The first kappa shape index (κ1) is 23.9. The van der Waals surface area contributed by atoms with E-state index in [1.807, 2.05) is 19.1 Å². The van der Waals surface area contributed by atoms with Crippen LogP contribution in [0, 0.1) is 17.0 Å². The molecule has 0 bridgehead atoms. The molecule has 1 saturated heterocycles. The highest BCUT2D eigenvalue weighted by molar-refractivity contribution is 6.05. The van der Waals surface area contributed by atoms with Gasteiger partial charge in [-0.1, -0.05) is 29.8 Å². The van der Waals surface area contributed by atoms with Gasteiger partial charge in [-0.2, -0.15) is 0 Å². The van der Waals surface area contributed by atoms with Crippen LogP contribution in [-0.4, -0.2) is 36.0 Å². The minimum absolute atomic E-state index is 0.00788. The molecule has 4 rings (SSSR count). The molecule has 2 aromatic carbocycles. The highest BCUT2D eigenvalue weighted by Crippen LogP contribution is 2.26. The fourth-order valence-corrected chi connectivity index (χ4v) is 3.67. The zero-order valence-electron chi connectivity index (χ0n) is 19.2. The van der Waals surface area contributed by atoms with Gasteiger partial charge < -0.3 is 19.8 Å². The maximum absolute atomic E-state index is 13.0. The summed E-state index contributed by atoms with van der Waals surface area (Å²) in [5.74, 6) is -0.217. The van der Waals surface area contributed by atoms with E-state index in [2.05, 4.69) is 10.6 Å². The minimum Gasteiger partial charge on any atom is -0.457 e. The molecule has 2 amide bonds. The van der Waals surface area contributed by atoms with Crippen molar-refractivity contribution < 1.29 is 23.7 Å². The van der Waals surface area contributed by atoms with Gasteiger partial charge >= 0.3 is 0 Å². The van der Waals surface area contributed by atoms with Crippen LogP contribution in [-0.2, 0) is 9.53 Å². The Morgan fingerprint density at radius 3 is 2.66 bits per heavy atom. The van der Waals surface area contributed by atoms with E-state index in [0.717, 1.165) is 18.4 Å². The summed E-state index contributed by atoms with van der Waals surface area (Å²) in [6, 6.07) is 16.3. The molecule has 9 heteroatoms. The summed E-state index contributed by atoms with van der Waals surface area (Å²) < 4.78 is 11.4. The molecule has 1 fully saturated rings. The maximum atomic E-state index is 13.0. The van der Waals surface area contributed by atoms with E-state index in [4.69, 9.17) is 9.15 Å². The second-order valence-electron chi connectivity index (χ2n) is 8.23. The third-order valence-electron chi connectivity index (χ3n) is 5.58. The van der Waals surface area contributed by atoms with Crippen molar-refractivity contribution in [1.82, 2.24) is 10.6 Å². The number of amides is 2. The molecule has 2 heterocycles. The molecule has 0 spiro atoms. The van der Waals surface area contributed by atoms with Gasteiger partial charge in [0, 0.05) is 42.5 Å². The minimum atomic E-state index is -0.482. The number of aryl methyl sites for hydroxylation is 1. The summed E-state index contributed by atoms with van der Waals surface area (Å²) in [7, 11) is 0. The number of carbonyl (C=O) groups is 2. The van der Waals surface area contributed by atoms with Gasteiger partial charge in [0.15, 0.2) is 0 Å². The molecule has 3 aromatic rings. The Bertz CT molecular complexity index is 1260. The monoisotopic (exact) mass is 475 g/mol. The molecule has 9 nitrogen and oxygen atoms in total. The van der Waals surface area contributed by atoms with E-state index in [1.165, 1.54) is 18.2 Å². The first-order chi connectivity index (χ1) is 16.9. The van der Waals surface area contributed by atoms with Crippen molar-refractivity contribution in [3.63, 3.8) is 0 Å². The first-order valence-corrected chi connectivity index (χ1v) is 11.2. The summed E-state index contributed by atoms with van der Waals surface area (Å²) >= 11 is 0. The normalized spacial score (nSPS) is 15.6. The quantitative estimate of drug-likeness (QED) is 0.285. The van der Waals surface area contributed by atoms with Gasteiger partial charge in [-0.15, -0.1) is 0 Å². The van der Waals surface area contributed by atoms with Crippen molar-refractivity contribution >= 4 is 23.6 Å². The van der Waals surface area contributed by atoms with Crippen LogP contribution in [0.2, 0.25) is 0 Å². The third kappa shape index (κ3) is 6.21. The first-order valence-electron chi connectivity index (χ1n) is 11.2.